The van der Waals surface area contributed by atoms with Crippen LogP contribution in [0.2, 0.25) is 0 Å². The highest BCUT2D eigenvalue weighted by Gasteiger charge is 2.27. The van der Waals surface area contributed by atoms with Gasteiger partial charge in [-0.25, -0.2) is 9.97 Å². The van der Waals surface area contributed by atoms with E-state index in [1.165, 1.54) is 10.4 Å². The summed E-state index contributed by atoms with van der Waals surface area (Å²) in [4.78, 5) is 13.3. The Hall–Kier alpha value is -1.62. The lowest BCUT2D eigenvalue weighted by Gasteiger charge is -2.36. The average molecular weight is 302 g/mol. The molecule has 0 spiro atoms. The molecular weight excluding hydrogens is 280 g/mol. The fraction of sp³-hybridized carbons (Fsp3) is 0.500. The summed E-state index contributed by atoms with van der Waals surface area (Å²) in [5, 5.41) is 5.41. The van der Waals surface area contributed by atoms with Gasteiger partial charge >= 0.3 is 0 Å². The maximum Gasteiger partial charge on any atom is 0.137 e. The average Bonchev–Trinajstić information content (AvgIpc) is 2.98. The minimum Gasteiger partial charge on any atom is -0.373 e. The monoisotopic (exact) mass is 302 g/mol. The summed E-state index contributed by atoms with van der Waals surface area (Å²) in [5.41, 5.74) is 2.59. The topological polar surface area (TPSA) is 41.1 Å². The Labute approximate surface area is 130 Å². The molecule has 1 atom stereocenters. The van der Waals surface area contributed by atoms with E-state index in [-0.39, 0.29) is 0 Å². The maximum absolute atomic E-state index is 4.81. The molecule has 0 radical (unpaired) electrons. The molecule has 3 rings (SSSR count). The molecule has 0 aliphatic carbocycles. The predicted molar refractivity (Wildman–Crippen MR) is 89.5 cm³/mol. The van der Waals surface area contributed by atoms with Crippen LogP contribution >= 0.6 is 11.3 Å². The first-order valence-corrected chi connectivity index (χ1v) is 8.41. The number of anilines is 2. The number of nitrogens with one attached hydrogen (secondary N) is 1. The zero-order valence-corrected chi connectivity index (χ0v) is 13.9. The van der Waals surface area contributed by atoms with Gasteiger partial charge in [-0.05, 0) is 37.3 Å². The van der Waals surface area contributed by atoms with Gasteiger partial charge in [0.05, 0.1) is 6.04 Å². The molecule has 21 heavy (non-hydrogen) atoms. The Balaban J connectivity index is 2.05. The summed E-state index contributed by atoms with van der Waals surface area (Å²) in [7, 11) is 1.93. The van der Waals surface area contributed by atoms with E-state index >= 15 is 0 Å². The number of hydrogen-bond donors (Lipinski definition) is 1. The Morgan fingerprint density at radius 3 is 2.95 bits per heavy atom. The van der Waals surface area contributed by atoms with E-state index in [0.717, 1.165) is 42.4 Å². The highest BCUT2D eigenvalue weighted by Crippen LogP contribution is 2.37. The lowest BCUT2D eigenvalue weighted by atomic mass is 10.0. The third-order valence-electron chi connectivity index (χ3n) is 4.27. The van der Waals surface area contributed by atoms with Crippen LogP contribution in [0.5, 0.6) is 0 Å². The summed E-state index contributed by atoms with van der Waals surface area (Å²) >= 11 is 1.87. The van der Waals surface area contributed by atoms with Gasteiger partial charge in [0.2, 0.25) is 0 Å². The third kappa shape index (κ3) is 2.39. The highest BCUT2D eigenvalue weighted by atomic mass is 32.1. The summed E-state index contributed by atoms with van der Waals surface area (Å²) < 4.78 is 0. The van der Waals surface area contributed by atoms with Crippen LogP contribution in [0.15, 0.2) is 11.4 Å². The minimum absolute atomic E-state index is 0.378. The SMILES string of the molecule is CCc1nc(NC)c(C)c(N2CCc3sccc3C2C)n1. The molecule has 1 N–H and O–H groups in total. The molecule has 3 heterocycles. The van der Waals surface area contributed by atoms with E-state index in [1.807, 2.05) is 18.4 Å². The van der Waals surface area contributed by atoms with Gasteiger partial charge in [-0.1, -0.05) is 6.92 Å². The normalized spacial score (nSPS) is 17.7. The van der Waals surface area contributed by atoms with Crippen molar-refractivity contribution in [2.75, 3.05) is 23.8 Å². The molecule has 5 heteroatoms. The summed E-state index contributed by atoms with van der Waals surface area (Å²) in [5.74, 6) is 2.93. The third-order valence-corrected chi connectivity index (χ3v) is 5.27. The molecule has 2 aromatic heterocycles. The van der Waals surface area contributed by atoms with E-state index < -0.39 is 0 Å². The molecule has 0 saturated carbocycles. The van der Waals surface area contributed by atoms with E-state index in [9.17, 15) is 0 Å². The van der Waals surface area contributed by atoms with Crippen LogP contribution in [0.4, 0.5) is 11.6 Å². The summed E-state index contributed by atoms with van der Waals surface area (Å²) in [6, 6.07) is 2.63. The van der Waals surface area contributed by atoms with E-state index in [0.29, 0.717) is 6.04 Å². The zero-order chi connectivity index (χ0) is 15.0. The smallest absolute Gasteiger partial charge is 0.137 e. The quantitative estimate of drug-likeness (QED) is 0.941. The van der Waals surface area contributed by atoms with E-state index in [2.05, 4.69) is 47.4 Å². The number of aromatic nitrogens is 2. The molecule has 4 nitrogen and oxygen atoms in total. The first-order valence-electron chi connectivity index (χ1n) is 7.53. The highest BCUT2D eigenvalue weighted by molar-refractivity contribution is 7.10. The first kappa shape index (κ1) is 14.3. The fourth-order valence-electron chi connectivity index (χ4n) is 3.03. The molecule has 1 unspecified atom stereocenters. The summed E-state index contributed by atoms with van der Waals surface area (Å²) in [6.07, 6.45) is 1.96. The van der Waals surface area contributed by atoms with Gasteiger partial charge in [-0.2, -0.15) is 0 Å². The van der Waals surface area contributed by atoms with Crippen molar-refractivity contribution in [3.05, 3.63) is 33.3 Å². The molecule has 1 aliphatic heterocycles. The molecule has 0 bridgehead atoms. The molecule has 1 aliphatic rings. The standard InChI is InChI=1S/C16H22N4S/c1-5-14-18-15(17-4)10(2)16(19-14)20-8-6-13-12(11(20)3)7-9-21-13/h7,9,11H,5-6,8H2,1-4H3,(H,17,18,19). The van der Waals surface area contributed by atoms with E-state index in [1.54, 1.807) is 0 Å². The van der Waals surface area contributed by atoms with Crippen molar-refractivity contribution in [1.29, 1.82) is 0 Å². The molecular formula is C16H22N4S. The summed E-state index contributed by atoms with van der Waals surface area (Å²) in [6.45, 7) is 7.51. The van der Waals surface area contributed by atoms with Crippen molar-refractivity contribution in [2.45, 2.75) is 39.7 Å². The van der Waals surface area contributed by atoms with Gasteiger partial charge in [-0.15, -0.1) is 11.3 Å². The van der Waals surface area contributed by atoms with Crippen molar-refractivity contribution in [3.63, 3.8) is 0 Å². The number of thiophene rings is 1. The van der Waals surface area contributed by atoms with Crippen molar-refractivity contribution in [3.8, 4) is 0 Å². The number of hydrogen-bond acceptors (Lipinski definition) is 5. The second-order valence-corrected chi connectivity index (χ2v) is 6.46. The van der Waals surface area contributed by atoms with Gasteiger partial charge in [-0.3, -0.25) is 0 Å². The van der Waals surface area contributed by atoms with Gasteiger partial charge in [0, 0.05) is 30.5 Å². The fourth-order valence-corrected chi connectivity index (χ4v) is 3.99. The van der Waals surface area contributed by atoms with Gasteiger partial charge in [0.25, 0.3) is 0 Å². The van der Waals surface area contributed by atoms with Crippen molar-refractivity contribution >= 4 is 23.0 Å². The van der Waals surface area contributed by atoms with Crippen LogP contribution < -0.4 is 10.2 Å². The molecule has 0 aromatic carbocycles. The molecule has 112 valence electrons. The molecule has 0 fully saturated rings. The van der Waals surface area contributed by atoms with Gasteiger partial charge in [0.15, 0.2) is 0 Å². The Morgan fingerprint density at radius 2 is 2.24 bits per heavy atom. The van der Waals surface area contributed by atoms with Crippen LogP contribution in [0.1, 0.15) is 41.7 Å². The van der Waals surface area contributed by atoms with Crippen LogP contribution in [0.25, 0.3) is 0 Å². The second-order valence-electron chi connectivity index (χ2n) is 5.46. The Kier molecular flexibility index (Phi) is 3.85. The van der Waals surface area contributed by atoms with Gasteiger partial charge in [0.1, 0.15) is 17.5 Å². The second kappa shape index (κ2) is 5.64. The Morgan fingerprint density at radius 1 is 1.43 bits per heavy atom. The van der Waals surface area contributed by atoms with Crippen LogP contribution in [-0.2, 0) is 12.8 Å². The first-order chi connectivity index (χ1) is 10.2. The minimum atomic E-state index is 0.378. The van der Waals surface area contributed by atoms with Crippen molar-refractivity contribution in [1.82, 2.24) is 9.97 Å². The Bertz CT molecular complexity index is 650. The lowest BCUT2D eigenvalue weighted by Crippen LogP contribution is -2.34. The number of nitrogens with zero attached hydrogens (tertiary/aromatic N) is 3. The van der Waals surface area contributed by atoms with E-state index in [4.69, 9.17) is 4.98 Å². The maximum atomic E-state index is 4.81. The zero-order valence-electron chi connectivity index (χ0n) is 13.1. The van der Waals surface area contributed by atoms with Crippen LogP contribution in [0.3, 0.4) is 0 Å². The van der Waals surface area contributed by atoms with Gasteiger partial charge < -0.3 is 10.2 Å². The largest absolute Gasteiger partial charge is 0.373 e. The molecule has 2 aromatic rings. The molecule has 0 saturated heterocycles. The predicted octanol–water partition coefficient (Wildman–Crippen LogP) is 3.57. The number of fused-ring (bicyclic) bond motifs is 1. The number of rotatable bonds is 3. The van der Waals surface area contributed by atoms with Crippen molar-refractivity contribution < 1.29 is 0 Å². The van der Waals surface area contributed by atoms with Crippen LogP contribution in [-0.4, -0.2) is 23.6 Å². The molecule has 0 amide bonds. The van der Waals surface area contributed by atoms with Crippen LogP contribution in [0, 0.1) is 6.92 Å². The van der Waals surface area contributed by atoms with Crippen molar-refractivity contribution in [2.24, 2.45) is 0 Å². The number of aryl methyl sites for hydroxylation is 1. The lowest BCUT2D eigenvalue weighted by molar-refractivity contribution is 0.620.